The lowest BCUT2D eigenvalue weighted by Gasteiger charge is -2.16. The van der Waals surface area contributed by atoms with Crippen molar-refractivity contribution in [3.63, 3.8) is 0 Å². The van der Waals surface area contributed by atoms with Gasteiger partial charge in [-0.1, -0.05) is 78.9 Å². The summed E-state index contributed by atoms with van der Waals surface area (Å²) >= 11 is 0. The molecular weight excluding hydrogens is 358 g/mol. The molecule has 0 unspecified atom stereocenters. The fraction of sp³-hybridized carbons (Fsp3) is 0.154. The second-order valence-corrected chi connectivity index (χ2v) is 6.95. The number of benzene rings is 4. The summed E-state index contributed by atoms with van der Waals surface area (Å²) in [5.74, 6) is 1.82. The molecular formula is C26H25NO2. The van der Waals surface area contributed by atoms with Crippen molar-refractivity contribution >= 4 is 10.8 Å². The summed E-state index contributed by atoms with van der Waals surface area (Å²) in [6.07, 6.45) is 0. The van der Waals surface area contributed by atoms with Crippen molar-refractivity contribution in [1.82, 2.24) is 5.32 Å². The smallest absolute Gasteiger partial charge is 0.124 e. The first kappa shape index (κ1) is 19.0. The molecule has 0 saturated heterocycles. The van der Waals surface area contributed by atoms with Gasteiger partial charge in [0.15, 0.2) is 0 Å². The van der Waals surface area contributed by atoms with Crippen molar-refractivity contribution in [2.75, 3.05) is 7.11 Å². The standard InChI is InChI=1S/C26H25NO2/c1-28-25-14-8-6-12-22(25)17-27-18-24-23-13-7-5-11-21(23)15-16-26(24)29-19-20-9-3-2-4-10-20/h2-16,27H,17-19H2,1H3. The molecule has 146 valence electrons. The largest absolute Gasteiger partial charge is 0.496 e. The normalized spacial score (nSPS) is 10.8. The number of nitrogens with one attached hydrogen (secondary N) is 1. The van der Waals surface area contributed by atoms with Crippen LogP contribution in [0, 0.1) is 0 Å². The van der Waals surface area contributed by atoms with E-state index in [1.165, 1.54) is 16.3 Å². The van der Waals surface area contributed by atoms with E-state index in [-0.39, 0.29) is 0 Å². The first-order chi connectivity index (χ1) is 14.3. The zero-order valence-electron chi connectivity index (χ0n) is 16.6. The van der Waals surface area contributed by atoms with Gasteiger partial charge in [0.2, 0.25) is 0 Å². The Bertz CT molecular complexity index is 1080. The summed E-state index contributed by atoms with van der Waals surface area (Å²) in [5, 5.41) is 5.99. The van der Waals surface area contributed by atoms with Crippen molar-refractivity contribution in [2.24, 2.45) is 0 Å². The van der Waals surface area contributed by atoms with Gasteiger partial charge < -0.3 is 14.8 Å². The summed E-state index contributed by atoms with van der Waals surface area (Å²) in [5.41, 5.74) is 3.48. The molecule has 4 aromatic carbocycles. The van der Waals surface area contributed by atoms with Gasteiger partial charge in [-0.15, -0.1) is 0 Å². The van der Waals surface area contributed by atoms with Gasteiger partial charge in [0.05, 0.1) is 7.11 Å². The van der Waals surface area contributed by atoms with Crippen LogP contribution in [0.3, 0.4) is 0 Å². The van der Waals surface area contributed by atoms with Crippen LogP contribution in [0.4, 0.5) is 0 Å². The first-order valence-electron chi connectivity index (χ1n) is 9.85. The Morgan fingerprint density at radius 3 is 2.31 bits per heavy atom. The second kappa shape index (κ2) is 9.26. The van der Waals surface area contributed by atoms with Crippen molar-refractivity contribution in [2.45, 2.75) is 19.7 Å². The van der Waals surface area contributed by atoms with Crippen molar-refractivity contribution in [3.05, 3.63) is 108 Å². The van der Waals surface area contributed by atoms with Crippen LogP contribution in [0.25, 0.3) is 10.8 Å². The third kappa shape index (κ3) is 4.58. The van der Waals surface area contributed by atoms with Gasteiger partial charge in [-0.2, -0.15) is 0 Å². The predicted octanol–water partition coefficient (Wildman–Crippen LogP) is 5.72. The maximum atomic E-state index is 6.21. The molecule has 4 aromatic rings. The molecule has 0 saturated carbocycles. The lowest BCUT2D eigenvalue weighted by Crippen LogP contribution is -2.14. The Kier molecular flexibility index (Phi) is 6.08. The molecule has 0 heterocycles. The van der Waals surface area contributed by atoms with Gasteiger partial charge in [0.1, 0.15) is 18.1 Å². The maximum Gasteiger partial charge on any atom is 0.124 e. The second-order valence-electron chi connectivity index (χ2n) is 6.95. The third-order valence-corrected chi connectivity index (χ3v) is 5.04. The molecule has 0 atom stereocenters. The number of ether oxygens (including phenoxy) is 2. The number of hydrogen-bond donors (Lipinski definition) is 1. The topological polar surface area (TPSA) is 30.5 Å². The molecule has 0 aliphatic heterocycles. The Morgan fingerprint density at radius 1 is 0.690 bits per heavy atom. The van der Waals surface area contributed by atoms with Crippen LogP contribution in [0.15, 0.2) is 91.0 Å². The Morgan fingerprint density at radius 2 is 1.45 bits per heavy atom. The molecule has 4 rings (SSSR count). The number of para-hydroxylation sites is 1. The lowest BCUT2D eigenvalue weighted by molar-refractivity contribution is 0.302. The molecule has 0 aromatic heterocycles. The third-order valence-electron chi connectivity index (χ3n) is 5.04. The van der Waals surface area contributed by atoms with Gasteiger partial charge in [-0.3, -0.25) is 0 Å². The van der Waals surface area contributed by atoms with Crippen molar-refractivity contribution in [1.29, 1.82) is 0 Å². The van der Waals surface area contributed by atoms with Crippen LogP contribution in [-0.2, 0) is 19.7 Å². The van der Waals surface area contributed by atoms with Gasteiger partial charge in [0, 0.05) is 24.2 Å². The van der Waals surface area contributed by atoms with E-state index in [9.17, 15) is 0 Å². The minimum Gasteiger partial charge on any atom is -0.496 e. The number of methoxy groups -OCH3 is 1. The van der Waals surface area contributed by atoms with Gasteiger partial charge in [-0.25, -0.2) is 0 Å². The Labute approximate surface area is 171 Å². The minimum atomic E-state index is 0.554. The molecule has 0 amide bonds. The maximum absolute atomic E-state index is 6.21. The molecule has 0 spiro atoms. The highest BCUT2D eigenvalue weighted by atomic mass is 16.5. The average molecular weight is 383 g/mol. The molecule has 0 fully saturated rings. The summed E-state index contributed by atoms with van der Waals surface area (Å²) in [6, 6.07) is 31.0. The van der Waals surface area contributed by atoms with Crippen LogP contribution >= 0.6 is 0 Å². The molecule has 29 heavy (non-hydrogen) atoms. The van der Waals surface area contributed by atoms with E-state index in [4.69, 9.17) is 9.47 Å². The minimum absolute atomic E-state index is 0.554. The van der Waals surface area contributed by atoms with Gasteiger partial charge >= 0.3 is 0 Å². The average Bonchev–Trinajstić information content (AvgIpc) is 2.79. The lowest BCUT2D eigenvalue weighted by atomic mass is 10.0. The van der Waals surface area contributed by atoms with Crippen LogP contribution in [-0.4, -0.2) is 7.11 Å². The first-order valence-corrected chi connectivity index (χ1v) is 9.85. The van der Waals surface area contributed by atoms with Gasteiger partial charge in [0.25, 0.3) is 0 Å². The SMILES string of the molecule is COc1ccccc1CNCc1c(OCc2ccccc2)ccc2ccccc12. The van der Waals surface area contributed by atoms with Crippen LogP contribution in [0.2, 0.25) is 0 Å². The van der Waals surface area contributed by atoms with E-state index in [0.717, 1.165) is 29.2 Å². The van der Waals surface area contributed by atoms with E-state index in [1.54, 1.807) is 7.11 Å². The van der Waals surface area contributed by atoms with E-state index < -0.39 is 0 Å². The van der Waals surface area contributed by atoms with E-state index in [0.29, 0.717) is 13.2 Å². The van der Waals surface area contributed by atoms with Crippen LogP contribution in [0.1, 0.15) is 16.7 Å². The van der Waals surface area contributed by atoms with Crippen LogP contribution < -0.4 is 14.8 Å². The quantitative estimate of drug-likeness (QED) is 0.422. The van der Waals surface area contributed by atoms with E-state index >= 15 is 0 Å². The van der Waals surface area contributed by atoms with Crippen molar-refractivity contribution in [3.8, 4) is 11.5 Å². The summed E-state index contributed by atoms with van der Waals surface area (Å²) in [6.45, 7) is 1.99. The summed E-state index contributed by atoms with van der Waals surface area (Å²) in [7, 11) is 1.71. The molecule has 3 heteroatoms. The molecule has 0 aliphatic carbocycles. The molecule has 0 bridgehead atoms. The number of fused-ring (bicyclic) bond motifs is 1. The number of rotatable bonds is 8. The van der Waals surface area contributed by atoms with E-state index in [1.807, 2.05) is 36.4 Å². The highest BCUT2D eigenvalue weighted by Gasteiger charge is 2.10. The van der Waals surface area contributed by atoms with Gasteiger partial charge in [-0.05, 0) is 28.5 Å². The summed E-state index contributed by atoms with van der Waals surface area (Å²) < 4.78 is 11.7. The number of hydrogen-bond acceptors (Lipinski definition) is 3. The Hall–Kier alpha value is -3.30. The molecule has 1 N–H and O–H groups in total. The van der Waals surface area contributed by atoms with E-state index in [2.05, 4.69) is 59.9 Å². The molecule has 0 aliphatic rings. The molecule has 0 radical (unpaired) electrons. The highest BCUT2D eigenvalue weighted by molar-refractivity contribution is 5.87. The summed E-state index contributed by atoms with van der Waals surface area (Å²) in [4.78, 5) is 0. The molecule has 3 nitrogen and oxygen atoms in total. The fourth-order valence-electron chi connectivity index (χ4n) is 3.54. The highest BCUT2D eigenvalue weighted by Crippen LogP contribution is 2.29. The zero-order valence-corrected chi connectivity index (χ0v) is 16.6. The Balaban J connectivity index is 1.55. The monoisotopic (exact) mass is 383 g/mol. The fourth-order valence-corrected chi connectivity index (χ4v) is 3.54. The zero-order chi connectivity index (χ0) is 19.9. The van der Waals surface area contributed by atoms with Crippen molar-refractivity contribution < 1.29 is 9.47 Å². The predicted molar refractivity (Wildman–Crippen MR) is 118 cm³/mol. The van der Waals surface area contributed by atoms with Crippen LogP contribution in [0.5, 0.6) is 11.5 Å².